The molecule has 3 N–H and O–H groups in total. The normalized spacial score (nSPS) is 20.6. The molecular formula is C17H34N4O2. The van der Waals surface area contributed by atoms with Crippen LogP contribution in [0.2, 0.25) is 0 Å². The summed E-state index contributed by atoms with van der Waals surface area (Å²) in [6.45, 7) is 15.2. The molecule has 1 aliphatic rings. The largest absolute Gasteiger partial charge is 0.347 e. The third-order valence-corrected chi connectivity index (χ3v) is 4.74. The first-order chi connectivity index (χ1) is 10.5. The van der Waals surface area contributed by atoms with Crippen LogP contribution in [0.1, 0.15) is 54.4 Å². The third-order valence-electron chi connectivity index (χ3n) is 4.74. The van der Waals surface area contributed by atoms with E-state index in [0.717, 1.165) is 19.6 Å². The highest BCUT2D eigenvalue weighted by Crippen LogP contribution is 2.37. The first kappa shape index (κ1) is 19.9. The van der Waals surface area contributed by atoms with Crippen LogP contribution in [0.5, 0.6) is 0 Å². The van der Waals surface area contributed by atoms with Crippen LogP contribution in [0, 0.1) is 0 Å². The zero-order valence-electron chi connectivity index (χ0n) is 15.6. The summed E-state index contributed by atoms with van der Waals surface area (Å²) in [5.74, 6) is -0.972. The second-order valence-corrected chi connectivity index (χ2v) is 7.72. The Labute approximate surface area is 140 Å². The Hall–Kier alpha value is -1.14. The van der Waals surface area contributed by atoms with Crippen molar-refractivity contribution >= 4 is 11.8 Å². The quantitative estimate of drug-likeness (QED) is 0.737. The molecule has 2 amide bonds. The van der Waals surface area contributed by atoms with Crippen LogP contribution < -0.4 is 11.1 Å². The molecule has 1 saturated heterocycles. The van der Waals surface area contributed by atoms with Gasteiger partial charge in [0, 0.05) is 30.2 Å². The van der Waals surface area contributed by atoms with Crippen molar-refractivity contribution < 1.29 is 9.59 Å². The molecule has 0 aromatic carbocycles. The van der Waals surface area contributed by atoms with Gasteiger partial charge in [0.25, 0.3) is 0 Å². The topological polar surface area (TPSA) is 78.7 Å². The lowest BCUT2D eigenvalue weighted by Gasteiger charge is -2.54. The van der Waals surface area contributed by atoms with Gasteiger partial charge in [-0.2, -0.15) is 0 Å². The van der Waals surface area contributed by atoms with E-state index >= 15 is 0 Å². The predicted octanol–water partition coefficient (Wildman–Crippen LogP) is 0.951. The van der Waals surface area contributed by atoms with Crippen LogP contribution in [0.15, 0.2) is 0 Å². The Morgan fingerprint density at radius 2 is 1.61 bits per heavy atom. The highest BCUT2D eigenvalue weighted by Gasteiger charge is 2.48. The van der Waals surface area contributed by atoms with Crippen molar-refractivity contribution in [2.24, 2.45) is 5.73 Å². The molecule has 23 heavy (non-hydrogen) atoms. The maximum absolute atomic E-state index is 12.7. The number of piperidine rings is 1. The molecule has 1 heterocycles. The molecular weight excluding hydrogens is 292 g/mol. The van der Waals surface area contributed by atoms with Gasteiger partial charge in [0.2, 0.25) is 0 Å². The van der Waals surface area contributed by atoms with Gasteiger partial charge in [-0.05, 0) is 53.6 Å². The molecule has 6 nitrogen and oxygen atoms in total. The zero-order chi connectivity index (χ0) is 17.8. The van der Waals surface area contributed by atoms with E-state index in [1.165, 1.54) is 0 Å². The predicted molar refractivity (Wildman–Crippen MR) is 93.0 cm³/mol. The lowest BCUT2D eigenvalue weighted by atomic mass is 9.77. The molecule has 0 aromatic rings. The Morgan fingerprint density at radius 1 is 1.13 bits per heavy atom. The molecule has 1 aliphatic heterocycles. The lowest BCUT2D eigenvalue weighted by Crippen LogP contribution is -2.67. The standard InChI is InChI=1S/C17H34N4O2/c1-7-20(8-2)10-9-19-14(22)15(23)21-16(3,4)11-13(18)12-17(21,5)6/h13H,7-12,18H2,1-6H3,(H,19,22). The van der Waals surface area contributed by atoms with Gasteiger partial charge < -0.3 is 20.9 Å². The van der Waals surface area contributed by atoms with Gasteiger partial charge in [-0.3, -0.25) is 9.59 Å². The average Bonchev–Trinajstić information content (AvgIpc) is 2.39. The third kappa shape index (κ3) is 4.91. The van der Waals surface area contributed by atoms with Crippen LogP contribution in [-0.4, -0.2) is 64.9 Å². The Bertz CT molecular complexity index is 412. The van der Waals surface area contributed by atoms with E-state index in [2.05, 4.69) is 24.1 Å². The van der Waals surface area contributed by atoms with E-state index in [1.54, 1.807) is 4.90 Å². The van der Waals surface area contributed by atoms with Gasteiger partial charge in [0.15, 0.2) is 0 Å². The van der Waals surface area contributed by atoms with Gasteiger partial charge >= 0.3 is 11.8 Å². The Morgan fingerprint density at radius 3 is 2.04 bits per heavy atom. The van der Waals surface area contributed by atoms with E-state index in [-0.39, 0.29) is 6.04 Å². The van der Waals surface area contributed by atoms with Crippen LogP contribution in [0.3, 0.4) is 0 Å². The van der Waals surface area contributed by atoms with Gasteiger partial charge in [-0.1, -0.05) is 13.8 Å². The molecule has 0 atom stereocenters. The van der Waals surface area contributed by atoms with Crippen LogP contribution in [-0.2, 0) is 9.59 Å². The van der Waals surface area contributed by atoms with Crippen molar-refractivity contribution in [3.8, 4) is 0 Å². The van der Waals surface area contributed by atoms with E-state index in [9.17, 15) is 9.59 Å². The number of nitrogens with one attached hydrogen (secondary N) is 1. The van der Waals surface area contributed by atoms with Crippen LogP contribution >= 0.6 is 0 Å². The summed E-state index contributed by atoms with van der Waals surface area (Å²) in [5, 5.41) is 2.76. The highest BCUT2D eigenvalue weighted by molar-refractivity contribution is 6.35. The van der Waals surface area contributed by atoms with Crippen LogP contribution in [0.4, 0.5) is 0 Å². The highest BCUT2D eigenvalue weighted by atomic mass is 16.2. The number of hydrogen-bond acceptors (Lipinski definition) is 4. The van der Waals surface area contributed by atoms with Gasteiger partial charge in [-0.25, -0.2) is 0 Å². The number of carbonyl (C=O) groups is 2. The zero-order valence-corrected chi connectivity index (χ0v) is 15.6. The monoisotopic (exact) mass is 326 g/mol. The fraction of sp³-hybridized carbons (Fsp3) is 0.882. The van der Waals surface area contributed by atoms with Crippen LogP contribution in [0.25, 0.3) is 0 Å². The fourth-order valence-corrected chi connectivity index (χ4v) is 3.95. The SMILES string of the molecule is CCN(CC)CCNC(=O)C(=O)N1C(C)(C)CC(N)CC1(C)C. The first-order valence-corrected chi connectivity index (χ1v) is 8.65. The number of hydrogen-bond donors (Lipinski definition) is 2. The average molecular weight is 326 g/mol. The Balaban J connectivity index is 2.72. The number of nitrogens with zero attached hydrogens (tertiary/aromatic N) is 2. The maximum Gasteiger partial charge on any atom is 0.312 e. The number of carbonyl (C=O) groups excluding carboxylic acids is 2. The van der Waals surface area contributed by atoms with E-state index in [4.69, 9.17) is 5.73 Å². The molecule has 6 heteroatoms. The lowest BCUT2D eigenvalue weighted by molar-refractivity contribution is -0.159. The van der Waals surface area contributed by atoms with Gasteiger partial charge in [0.05, 0.1) is 0 Å². The molecule has 0 bridgehead atoms. The molecule has 0 saturated carbocycles. The Kier molecular flexibility index (Phi) is 6.59. The molecule has 1 rings (SSSR count). The van der Waals surface area contributed by atoms with E-state index in [1.807, 2.05) is 27.7 Å². The minimum absolute atomic E-state index is 0.0507. The summed E-state index contributed by atoms with van der Waals surface area (Å²) < 4.78 is 0. The van der Waals surface area contributed by atoms with Crippen molar-refractivity contribution in [3.05, 3.63) is 0 Å². The van der Waals surface area contributed by atoms with E-state index < -0.39 is 22.9 Å². The van der Waals surface area contributed by atoms with Crippen molar-refractivity contribution in [3.63, 3.8) is 0 Å². The molecule has 0 unspecified atom stereocenters. The summed E-state index contributed by atoms with van der Waals surface area (Å²) in [7, 11) is 0. The number of likely N-dealkylation sites (tertiary alicyclic amines) is 1. The summed E-state index contributed by atoms with van der Waals surface area (Å²) in [6.07, 6.45) is 1.41. The molecule has 1 fully saturated rings. The summed E-state index contributed by atoms with van der Waals surface area (Å²) in [5.41, 5.74) is 5.28. The van der Waals surface area contributed by atoms with Gasteiger partial charge in [0.1, 0.15) is 0 Å². The molecule has 0 radical (unpaired) electrons. The summed E-state index contributed by atoms with van der Waals surface area (Å²) in [4.78, 5) is 28.9. The summed E-state index contributed by atoms with van der Waals surface area (Å²) >= 11 is 0. The molecule has 0 spiro atoms. The number of likely N-dealkylation sites (N-methyl/N-ethyl adjacent to an activating group) is 1. The van der Waals surface area contributed by atoms with Crippen molar-refractivity contribution in [1.82, 2.24) is 15.1 Å². The number of nitrogens with two attached hydrogens (primary N) is 1. The fourth-order valence-electron chi connectivity index (χ4n) is 3.95. The molecule has 0 aromatic heterocycles. The maximum atomic E-state index is 12.7. The van der Waals surface area contributed by atoms with Crippen molar-refractivity contribution in [2.45, 2.75) is 71.5 Å². The minimum atomic E-state index is -0.520. The van der Waals surface area contributed by atoms with E-state index in [0.29, 0.717) is 19.4 Å². The molecule has 0 aliphatic carbocycles. The van der Waals surface area contributed by atoms with Crippen molar-refractivity contribution in [2.75, 3.05) is 26.2 Å². The smallest absolute Gasteiger partial charge is 0.312 e. The molecule has 134 valence electrons. The minimum Gasteiger partial charge on any atom is -0.347 e. The van der Waals surface area contributed by atoms with Crippen molar-refractivity contribution in [1.29, 1.82) is 0 Å². The van der Waals surface area contributed by atoms with Gasteiger partial charge in [-0.15, -0.1) is 0 Å². The second kappa shape index (κ2) is 7.62. The second-order valence-electron chi connectivity index (χ2n) is 7.72. The number of amides is 2. The first-order valence-electron chi connectivity index (χ1n) is 8.65. The summed E-state index contributed by atoms with van der Waals surface area (Å²) in [6, 6.07) is 0.0507. The number of rotatable bonds is 5.